The Labute approximate surface area is 162 Å². The third-order valence-corrected chi connectivity index (χ3v) is 5.92. The van der Waals surface area contributed by atoms with Gasteiger partial charge in [-0.05, 0) is 35.6 Å². The van der Waals surface area contributed by atoms with Crippen LogP contribution in [0.1, 0.15) is 38.4 Å². The van der Waals surface area contributed by atoms with Gasteiger partial charge in [0.1, 0.15) is 6.04 Å². The Bertz CT molecular complexity index is 708. The Balaban J connectivity index is 1.64. The highest BCUT2D eigenvalue weighted by Crippen LogP contribution is 2.33. The first-order valence-corrected chi connectivity index (χ1v) is 10.1. The van der Waals surface area contributed by atoms with Gasteiger partial charge in [-0.25, -0.2) is 4.79 Å². The summed E-state index contributed by atoms with van der Waals surface area (Å²) >= 11 is 1.43. The first kappa shape index (κ1) is 19.6. The lowest BCUT2D eigenvalue weighted by Gasteiger charge is -2.37. The quantitative estimate of drug-likeness (QED) is 0.658. The molecule has 9 heteroatoms. The lowest BCUT2D eigenvalue weighted by atomic mass is 10.0. The summed E-state index contributed by atoms with van der Waals surface area (Å²) in [6.45, 7) is 4.78. The van der Waals surface area contributed by atoms with Gasteiger partial charge in [0.15, 0.2) is 6.10 Å². The summed E-state index contributed by atoms with van der Waals surface area (Å²) in [6.07, 6.45) is 0.0403. The molecule has 27 heavy (non-hydrogen) atoms. The summed E-state index contributed by atoms with van der Waals surface area (Å²) in [6, 6.07) is 0.179. The number of aliphatic hydroxyl groups is 1. The van der Waals surface area contributed by atoms with Crippen LogP contribution in [0.25, 0.3) is 0 Å². The summed E-state index contributed by atoms with van der Waals surface area (Å²) < 4.78 is 0. The number of rotatable bonds is 6. The van der Waals surface area contributed by atoms with Gasteiger partial charge >= 0.3 is 6.03 Å². The van der Waals surface area contributed by atoms with Crippen LogP contribution in [0.4, 0.5) is 4.79 Å². The molecule has 2 fully saturated rings. The maximum atomic E-state index is 12.9. The monoisotopic (exact) mass is 394 g/mol. The molecule has 8 nitrogen and oxygen atoms in total. The number of piperazine rings is 1. The molecule has 3 rings (SSSR count). The van der Waals surface area contributed by atoms with Crippen molar-refractivity contribution >= 4 is 29.2 Å². The Morgan fingerprint density at radius 1 is 1.26 bits per heavy atom. The predicted octanol–water partition coefficient (Wildman–Crippen LogP) is 0.676. The predicted molar refractivity (Wildman–Crippen MR) is 101 cm³/mol. The van der Waals surface area contributed by atoms with E-state index >= 15 is 0 Å². The molecule has 4 amide bonds. The van der Waals surface area contributed by atoms with Gasteiger partial charge in [-0.15, -0.1) is 0 Å². The van der Waals surface area contributed by atoms with Crippen molar-refractivity contribution in [1.82, 2.24) is 15.1 Å². The van der Waals surface area contributed by atoms with Crippen LogP contribution in [0.5, 0.6) is 0 Å². The fraction of sp³-hybridized carbons (Fsp3) is 0.611. The van der Waals surface area contributed by atoms with Crippen molar-refractivity contribution in [3.05, 3.63) is 22.4 Å². The van der Waals surface area contributed by atoms with Crippen LogP contribution >= 0.6 is 11.3 Å². The second-order valence-corrected chi connectivity index (χ2v) is 8.45. The number of nitrogens with two attached hydrogens (primary N) is 1. The van der Waals surface area contributed by atoms with Gasteiger partial charge in [-0.2, -0.15) is 11.3 Å². The Kier molecular flexibility index (Phi) is 5.71. The minimum absolute atomic E-state index is 0.0922. The Morgan fingerprint density at radius 2 is 1.89 bits per heavy atom. The van der Waals surface area contributed by atoms with Crippen LogP contribution in [0.3, 0.4) is 0 Å². The molecule has 2 aliphatic rings. The molecule has 2 aliphatic heterocycles. The first-order valence-electron chi connectivity index (χ1n) is 9.15. The smallest absolute Gasteiger partial charge is 0.312 e. The molecule has 4 atom stereocenters. The van der Waals surface area contributed by atoms with E-state index in [-0.39, 0.29) is 29.8 Å². The molecule has 0 radical (unpaired) electrons. The fourth-order valence-corrected chi connectivity index (χ4v) is 4.68. The van der Waals surface area contributed by atoms with E-state index in [1.807, 2.05) is 19.2 Å². The highest BCUT2D eigenvalue weighted by molar-refractivity contribution is 7.08. The minimum atomic E-state index is -1.16. The zero-order valence-electron chi connectivity index (χ0n) is 15.5. The van der Waals surface area contributed by atoms with Crippen molar-refractivity contribution in [2.75, 3.05) is 13.1 Å². The molecule has 0 aromatic carbocycles. The summed E-state index contributed by atoms with van der Waals surface area (Å²) in [7, 11) is 0. The molecule has 4 N–H and O–H groups in total. The molecule has 1 aromatic rings. The van der Waals surface area contributed by atoms with E-state index in [9.17, 15) is 19.5 Å². The van der Waals surface area contributed by atoms with Crippen molar-refractivity contribution in [2.45, 2.75) is 50.9 Å². The van der Waals surface area contributed by atoms with Crippen LogP contribution < -0.4 is 11.1 Å². The molecule has 1 aromatic heterocycles. The van der Waals surface area contributed by atoms with Crippen LogP contribution in [-0.2, 0) is 9.59 Å². The number of nitrogens with one attached hydrogen (secondary N) is 1. The van der Waals surface area contributed by atoms with Gasteiger partial charge in [-0.3, -0.25) is 9.59 Å². The zero-order valence-corrected chi connectivity index (χ0v) is 16.3. The fourth-order valence-electron chi connectivity index (χ4n) is 4.00. The van der Waals surface area contributed by atoms with Crippen molar-refractivity contribution < 1.29 is 19.5 Å². The molecule has 2 bridgehead atoms. The van der Waals surface area contributed by atoms with Gasteiger partial charge in [0.25, 0.3) is 5.91 Å². The van der Waals surface area contributed by atoms with E-state index < -0.39 is 18.2 Å². The molecule has 0 unspecified atom stereocenters. The molecule has 3 heterocycles. The van der Waals surface area contributed by atoms with E-state index in [0.717, 1.165) is 0 Å². The largest absolute Gasteiger partial charge is 0.378 e. The average molecular weight is 394 g/mol. The topological polar surface area (TPSA) is 116 Å². The van der Waals surface area contributed by atoms with Gasteiger partial charge in [0.05, 0.1) is 12.1 Å². The SMILES string of the molecule is CC(C)C[C@H](NC(N)=O)C(=O)N1C[C@@H]2C[C@H]1CN2C(=O)[C@@H](O)c1ccsc1. The molecule has 148 valence electrons. The lowest BCUT2D eigenvalue weighted by Crippen LogP contribution is -2.57. The van der Waals surface area contributed by atoms with Crippen molar-refractivity contribution in [1.29, 1.82) is 0 Å². The summed E-state index contributed by atoms with van der Waals surface area (Å²) in [5.74, 6) is -0.244. The van der Waals surface area contributed by atoms with E-state index in [2.05, 4.69) is 5.32 Å². The summed E-state index contributed by atoms with van der Waals surface area (Å²) in [5, 5.41) is 16.4. The van der Waals surface area contributed by atoms with Crippen molar-refractivity contribution in [3.63, 3.8) is 0 Å². The number of primary amides is 1. The molecule has 2 saturated heterocycles. The maximum Gasteiger partial charge on any atom is 0.312 e. The van der Waals surface area contributed by atoms with Gasteiger partial charge in [-0.1, -0.05) is 13.8 Å². The molecular formula is C18H26N4O4S. The number of aliphatic hydroxyl groups excluding tert-OH is 1. The number of carbonyl (C=O) groups is 3. The van der Waals surface area contributed by atoms with E-state index in [1.165, 1.54) is 11.3 Å². The average Bonchev–Trinajstić information content (AvgIpc) is 3.34. The summed E-state index contributed by atoms with van der Waals surface area (Å²) in [5.41, 5.74) is 5.82. The molecule has 0 spiro atoms. The number of thiophene rings is 1. The molecular weight excluding hydrogens is 368 g/mol. The number of likely N-dealkylation sites (tertiary alicyclic amines) is 2. The Hall–Kier alpha value is -2.13. The van der Waals surface area contributed by atoms with Crippen LogP contribution in [0.2, 0.25) is 0 Å². The number of hydrogen-bond donors (Lipinski definition) is 3. The standard InChI is InChI=1S/C18H26N4O4S/c1-10(2)5-14(20-18(19)26)16(24)21-7-13-6-12(21)8-22(13)17(25)15(23)11-3-4-27-9-11/h3-4,9-10,12-15,23H,5-8H2,1-2H3,(H3,19,20,26)/t12-,13-,14-,15-/m0/s1. The van der Waals surface area contributed by atoms with Crippen LogP contribution in [0, 0.1) is 5.92 Å². The lowest BCUT2D eigenvalue weighted by molar-refractivity contribution is -0.146. The normalized spacial score (nSPS) is 23.6. The maximum absolute atomic E-state index is 12.9. The molecule has 0 aliphatic carbocycles. The van der Waals surface area contributed by atoms with Crippen LogP contribution in [0.15, 0.2) is 16.8 Å². The van der Waals surface area contributed by atoms with Gasteiger partial charge in [0, 0.05) is 18.7 Å². The van der Waals surface area contributed by atoms with Crippen LogP contribution in [-0.4, -0.2) is 64.0 Å². The number of amides is 4. The first-order chi connectivity index (χ1) is 12.8. The number of nitrogens with zero attached hydrogens (tertiary/aromatic N) is 2. The third-order valence-electron chi connectivity index (χ3n) is 5.22. The van der Waals surface area contributed by atoms with Gasteiger partial charge in [0.2, 0.25) is 5.91 Å². The Morgan fingerprint density at radius 3 is 2.37 bits per heavy atom. The third kappa shape index (κ3) is 4.08. The summed E-state index contributed by atoms with van der Waals surface area (Å²) in [4.78, 5) is 40.2. The number of hydrogen-bond acceptors (Lipinski definition) is 5. The van der Waals surface area contributed by atoms with E-state index in [0.29, 0.717) is 31.5 Å². The van der Waals surface area contributed by atoms with Crippen molar-refractivity contribution in [3.8, 4) is 0 Å². The second-order valence-electron chi connectivity index (χ2n) is 7.67. The minimum Gasteiger partial charge on any atom is -0.378 e. The number of fused-ring (bicyclic) bond motifs is 2. The number of carbonyl (C=O) groups excluding carboxylic acids is 3. The second kappa shape index (κ2) is 7.85. The zero-order chi connectivity index (χ0) is 19.7. The van der Waals surface area contributed by atoms with E-state index in [1.54, 1.807) is 21.2 Å². The van der Waals surface area contributed by atoms with Gasteiger partial charge < -0.3 is 26.0 Å². The number of urea groups is 1. The highest BCUT2D eigenvalue weighted by atomic mass is 32.1. The van der Waals surface area contributed by atoms with Crippen molar-refractivity contribution in [2.24, 2.45) is 11.7 Å². The van der Waals surface area contributed by atoms with E-state index in [4.69, 9.17) is 5.73 Å². The molecule has 0 saturated carbocycles. The highest BCUT2D eigenvalue weighted by Gasteiger charge is 2.49.